The van der Waals surface area contributed by atoms with Crippen molar-refractivity contribution in [2.45, 2.75) is 25.9 Å². The summed E-state index contributed by atoms with van der Waals surface area (Å²) in [7, 11) is 0. The smallest absolute Gasteiger partial charge is 0.344 e. The van der Waals surface area contributed by atoms with E-state index in [2.05, 4.69) is 0 Å². The van der Waals surface area contributed by atoms with Crippen LogP contribution in [0.1, 0.15) is 19.8 Å². The Labute approximate surface area is 92.3 Å². The number of phenols is 1. The number of aromatic hydroxyl groups is 1. The Kier molecular flexibility index (Phi) is 4.10. The summed E-state index contributed by atoms with van der Waals surface area (Å²) in [4.78, 5) is 10.8. The van der Waals surface area contributed by atoms with Crippen molar-refractivity contribution in [3.63, 3.8) is 0 Å². The molecule has 88 valence electrons. The van der Waals surface area contributed by atoms with E-state index < -0.39 is 17.9 Å². The average molecular weight is 228 g/mol. The van der Waals surface area contributed by atoms with Crippen molar-refractivity contribution in [1.82, 2.24) is 0 Å². The summed E-state index contributed by atoms with van der Waals surface area (Å²) in [6, 6.07) is 3.13. The Bertz CT molecular complexity index is 358. The molecule has 2 N–H and O–H groups in total. The second-order valence-electron chi connectivity index (χ2n) is 3.38. The molecule has 1 unspecified atom stereocenters. The summed E-state index contributed by atoms with van der Waals surface area (Å²) in [5.41, 5.74) is 0. The molecule has 0 aromatic heterocycles. The lowest BCUT2D eigenvalue weighted by molar-refractivity contribution is -0.145. The fourth-order valence-corrected chi connectivity index (χ4v) is 1.28. The lowest BCUT2D eigenvalue weighted by atomic mass is 10.2. The average Bonchev–Trinajstić information content (AvgIpc) is 2.15. The molecule has 16 heavy (non-hydrogen) atoms. The number of carbonyl (C=O) groups is 1. The van der Waals surface area contributed by atoms with Crippen LogP contribution in [0.25, 0.3) is 0 Å². The molecule has 1 aromatic rings. The van der Waals surface area contributed by atoms with E-state index in [1.807, 2.05) is 6.92 Å². The van der Waals surface area contributed by atoms with Crippen molar-refractivity contribution in [3.05, 3.63) is 24.0 Å². The summed E-state index contributed by atoms with van der Waals surface area (Å²) in [5.74, 6) is -2.06. The van der Waals surface area contributed by atoms with Crippen LogP contribution in [0.3, 0.4) is 0 Å². The van der Waals surface area contributed by atoms with Crippen LogP contribution in [0, 0.1) is 5.82 Å². The number of phenolic OH excluding ortho intramolecular Hbond substituents is 1. The first-order chi connectivity index (χ1) is 7.52. The number of halogens is 1. The van der Waals surface area contributed by atoms with Crippen LogP contribution in [0.2, 0.25) is 0 Å². The minimum Gasteiger partial charge on any atom is -0.508 e. The molecule has 0 saturated heterocycles. The van der Waals surface area contributed by atoms with Gasteiger partial charge in [-0.2, -0.15) is 0 Å². The van der Waals surface area contributed by atoms with E-state index in [0.29, 0.717) is 12.8 Å². The molecule has 0 aliphatic carbocycles. The minimum absolute atomic E-state index is 0.0124. The van der Waals surface area contributed by atoms with Crippen LogP contribution < -0.4 is 4.74 Å². The van der Waals surface area contributed by atoms with Gasteiger partial charge in [-0.25, -0.2) is 9.18 Å². The van der Waals surface area contributed by atoms with Crippen molar-refractivity contribution < 1.29 is 24.1 Å². The van der Waals surface area contributed by atoms with Gasteiger partial charge < -0.3 is 14.9 Å². The lowest BCUT2D eigenvalue weighted by Gasteiger charge is -2.14. The SMILES string of the molecule is CCCC(Oc1cc(O)cc(F)c1)C(=O)O. The lowest BCUT2D eigenvalue weighted by Crippen LogP contribution is -2.26. The molecule has 0 bridgehead atoms. The van der Waals surface area contributed by atoms with Gasteiger partial charge in [0, 0.05) is 18.2 Å². The highest BCUT2D eigenvalue weighted by Gasteiger charge is 2.18. The maximum absolute atomic E-state index is 12.9. The zero-order valence-corrected chi connectivity index (χ0v) is 8.81. The summed E-state index contributed by atoms with van der Waals surface area (Å²) < 4.78 is 18.0. The number of carboxylic acid groups (broad SMARTS) is 1. The van der Waals surface area contributed by atoms with E-state index in [4.69, 9.17) is 14.9 Å². The fraction of sp³-hybridized carbons (Fsp3) is 0.364. The van der Waals surface area contributed by atoms with Crippen LogP contribution in [-0.4, -0.2) is 22.3 Å². The van der Waals surface area contributed by atoms with Crippen molar-refractivity contribution in [1.29, 1.82) is 0 Å². The number of hydrogen-bond donors (Lipinski definition) is 2. The second-order valence-corrected chi connectivity index (χ2v) is 3.38. The molecule has 5 heteroatoms. The molecule has 0 fully saturated rings. The maximum atomic E-state index is 12.9. The number of hydrogen-bond acceptors (Lipinski definition) is 3. The number of aliphatic carboxylic acids is 1. The van der Waals surface area contributed by atoms with Crippen LogP contribution in [0.5, 0.6) is 11.5 Å². The van der Waals surface area contributed by atoms with Gasteiger partial charge in [0.25, 0.3) is 0 Å². The normalized spacial score (nSPS) is 12.1. The maximum Gasteiger partial charge on any atom is 0.344 e. The van der Waals surface area contributed by atoms with Gasteiger partial charge in [0.05, 0.1) is 0 Å². The first kappa shape index (κ1) is 12.3. The van der Waals surface area contributed by atoms with E-state index in [9.17, 15) is 9.18 Å². The molecule has 0 aliphatic heterocycles. The van der Waals surface area contributed by atoms with E-state index in [1.165, 1.54) is 6.07 Å². The van der Waals surface area contributed by atoms with Crippen LogP contribution in [0.4, 0.5) is 4.39 Å². The zero-order valence-electron chi connectivity index (χ0n) is 8.81. The molecule has 0 radical (unpaired) electrons. The van der Waals surface area contributed by atoms with Gasteiger partial charge in [0.2, 0.25) is 0 Å². The Morgan fingerprint density at radius 1 is 1.50 bits per heavy atom. The monoisotopic (exact) mass is 228 g/mol. The molecule has 0 spiro atoms. The molecule has 4 nitrogen and oxygen atoms in total. The van der Waals surface area contributed by atoms with Gasteiger partial charge in [0.15, 0.2) is 6.10 Å². The Morgan fingerprint density at radius 2 is 2.19 bits per heavy atom. The fourth-order valence-electron chi connectivity index (χ4n) is 1.28. The van der Waals surface area contributed by atoms with Crippen LogP contribution in [-0.2, 0) is 4.79 Å². The number of carboxylic acids is 1. The van der Waals surface area contributed by atoms with Gasteiger partial charge in [-0.15, -0.1) is 0 Å². The topological polar surface area (TPSA) is 66.8 Å². The third-order valence-corrected chi connectivity index (χ3v) is 1.96. The molecule has 1 aromatic carbocycles. The first-order valence-electron chi connectivity index (χ1n) is 4.92. The van der Waals surface area contributed by atoms with Crippen molar-refractivity contribution in [2.75, 3.05) is 0 Å². The molecule has 1 rings (SSSR count). The largest absolute Gasteiger partial charge is 0.508 e. The molecule has 0 saturated carbocycles. The number of rotatable bonds is 5. The summed E-state index contributed by atoms with van der Waals surface area (Å²) >= 11 is 0. The summed E-state index contributed by atoms with van der Waals surface area (Å²) in [6.45, 7) is 1.82. The van der Waals surface area contributed by atoms with Crippen LogP contribution in [0.15, 0.2) is 18.2 Å². The van der Waals surface area contributed by atoms with Gasteiger partial charge >= 0.3 is 5.97 Å². The number of ether oxygens (including phenoxy) is 1. The van der Waals surface area contributed by atoms with E-state index in [-0.39, 0.29) is 11.5 Å². The molecule has 0 heterocycles. The molecule has 1 atom stereocenters. The minimum atomic E-state index is -1.11. The Morgan fingerprint density at radius 3 is 2.69 bits per heavy atom. The Balaban J connectivity index is 2.80. The quantitative estimate of drug-likeness (QED) is 0.810. The van der Waals surface area contributed by atoms with Crippen molar-refractivity contribution in [3.8, 4) is 11.5 Å². The summed E-state index contributed by atoms with van der Waals surface area (Å²) in [6.07, 6.45) is -0.0589. The predicted molar refractivity (Wildman–Crippen MR) is 55.0 cm³/mol. The molecular weight excluding hydrogens is 215 g/mol. The van der Waals surface area contributed by atoms with Gasteiger partial charge in [0.1, 0.15) is 17.3 Å². The van der Waals surface area contributed by atoms with E-state index >= 15 is 0 Å². The van der Waals surface area contributed by atoms with Crippen LogP contribution >= 0.6 is 0 Å². The standard InChI is InChI=1S/C11H13FO4/c1-2-3-10(11(14)15)16-9-5-7(12)4-8(13)6-9/h4-6,10,13H,2-3H2,1H3,(H,14,15). The van der Waals surface area contributed by atoms with E-state index in [1.54, 1.807) is 0 Å². The van der Waals surface area contributed by atoms with Crippen molar-refractivity contribution >= 4 is 5.97 Å². The first-order valence-corrected chi connectivity index (χ1v) is 4.92. The van der Waals surface area contributed by atoms with Gasteiger partial charge in [-0.1, -0.05) is 13.3 Å². The predicted octanol–water partition coefficient (Wildman–Crippen LogP) is 2.16. The highest BCUT2D eigenvalue weighted by molar-refractivity contribution is 5.72. The Hall–Kier alpha value is -1.78. The zero-order chi connectivity index (χ0) is 12.1. The van der Waals surface area contributed by atoms with Gasteiger partial charge in [-0.3, -0.25) is 0 Å². The van der Waals surface area contributed by atoms with Crippen molar-refractivity contribution in [2.24, 2.45) is 0 Å². The highest BCUT2D eigenvalue weighted by Crippen LogP contribution is 2.22. The molecular formula is C11H13FO4. The molecule has 0 amide bonds. The van der Waals surface area contributed by atoms with E-state index in [0.717, 1.165) is 12.1 Å². The second kappa shape index (κ2) is 5.34. The van der Waals surface area contributed by atoms with Gasteiger partial charge in [-0.05, 0) is 6.42 Å². The number of benzene rings is 1. The molecule has 0 aliphatic rings. The third-order valence-electron chi connectivity index (χ3n) is 1.96. The third kappa shape index (κ3) is 3.42. The summed E-state index contributed by atoms with van der Waals surface area (Å²) in [5, 5.41) is 17.9. The highest BCUT2D eigenvalue weighted by atomic mass is 19.1.